The van der Waals surface area contributed by atoms with Crippen LogP contribution in [-0.4, -0.2) is 15.3 Å². The van der Waals surface area contributed by atoms with Gasteiger partial charge in [0.25, 0.3) is 11.1 Å². The fraction of sp³-hybridized carbons (Fsp3) is 0.0625. The number of hydrogen-bond donors (Lipinski definition) is 4. The number of rotatable bonds is 3. The van der Waals surface area contributed by atoms with Crippen LogP contribution >= 0.6 is 12.2 Å². The van der Waals surface area contributed by atoms with Crippen LogP contribution in [0.25, 0.3) is 10.8 Å². The summed E-state index contributed by atoms with van der Waals surface area (Å²) in [4.78, 5) is 23.8. The molecule has 1 heterocycles. The van der Waals surface area contributed by atoms with Gasteiger partial charge in [0.05, 0.1) is 16.5 Å². The van der Waals surface area contributed by atoms with Gasteiger partial charge < -0.3 is 10.6 Å². The van der Waals surface area contributed by atoms with Crippen LogP contribution in [0.1, 0.15) is 5.56 Å². The molecule has 0 saturated carbocycles. The van der Waals surface area contributed by atoms with E-state index in [1.165, 1.54) is 0 Å². The molecule has 3 aromatic rings. The van der Waals surface area contributed by atoms with E-state index in [0.717, 1.165) is 5.56 Å². The molecule has 0 aliphatic rings. The van der Waals surface area contributed by atoms with Gasteiger partial charge in [0.1, 0.15) is 0 Å². The van der Waals surface area contributed by atoms with Crippen LogP contribution in [0, 0.1) is 0 Å². The largest absolute Gasteiger partial charge is 0.358 e. The summed E-state index contributed by atoms with van der Waals surface area (Å²) in [7, 11) is 0. The second-order valence-electron chi connectivity index (χ2n) is 4.93. The number of benzene rings is 2. The van der Waals surface area contributed by atoms with Crippen molar-refractivity contribution in [2.45, 2.75) is 6.54 Å². The highest BCUT2D eigenvalue weighted by Crippen LogP contribution is 2.16. The molecule has 0 saturated heterocycles. The summed E-state index contributed by atoms with van der Waals surface area (Å²) >= 11 is 5.25. The first-order chi connectivity index (χ1) is 11.1. The van der Waals surface area contributed by atoms with Gasteiger partial charge in [-0.2, -0.15) is 0 Å². The number of aromatic nitrogens is 2. The Hall–Kier alpha value is -2.93. The van der Waals surface area contributed by atoms with Crippen molar-refractivity contribution in [3.05, 3.63) is 74.8 Å². The fourth-order valence-corrected chi connectivity index (χ4v) is 2.46. The predicted octanol–water partition coefficient (Wildman–Crippen LogP) is 1.70. The van der Waals surface area contributed by atoms with Gasteiger partial charge in [0.2, 0.25) is 0 Å². The molecule has 2 aromatic carbocycles. The van der Waals surface area contributed by atoms with Crippen LogP contribution in [0.3, 0.4) is 0 Å². The Kier molecular flexibility index (Phi) is 4.20. The number of anilines is 1. The first kappa shape index (κ1) is 15.0. The standard InChI is InChI=1S/C16H14N4O2S/c21-14-11-7-4-8-12(13(11)15(22)20-19-14)18-16(23)17-9-10-5-2-1-3-6-10/h1-8H,9H2,(H,19,21)(H,20,22)(H2,17,18,23). The van der Waals surface area contributed by atoms with Gasteiger partial charge in [-0.3, -0.25) is 19.8 Å². The average molecular weight is 326 g/mol. The lowest BCUT2D eigenvalue weighted by Gasteiger charge is -2.12. The first-order valence-corrected chi connectivity index (χ1v) is 7.38. The number of fused-ring (bicyclic) bond motifs is 1. The second-order valence-corrected chi connectivity index (χ2v) is 5.34. The van der Waals surface area contributed by atoms with Crippen LogP contribution in [0.5, 0.6) is 0 Å². The van der Waals surface area contributed by atoms with Crippen molar-refractivity contribution < 1.29 is 0 Å². The van der Waals surface area contributed by atoms with Gasteiger partial charge in [-0.05, 0) is 29.9 Å². The average Bonchev–Trinajstić information content (AvgIpc) is 2.57. The molecule has 0 fully saturated rings. The van der Waals surface area contributed by atoms with E-state index in [4.69, 9.17) is 12.2 Å². The Bertz CT molecular complexity index is 963. The van der Waals surface area contributed by atoms with E-state index >= 15 is 0 Å². The molecule has 23 heavy (non-hydrogen) atoms. The molecule has 116 valence electrons. The molecule has 0 bridgehead atoms. The summed E-state index contributed by atoms with van der Waals surface area (Å²) in [6.45, 7) is 0.564. The Morgan fingerprint density at radius 3 is 2.48 bits per heavy atom. The van der Waals surface area contributed by atoms with Crippen LogP contribution in [0.4, 0.5) is 5.69 Å². The molecule has 0 spiro atoms. The van der Waals surface area contributed by atoms with Crippen molar-refractivity contribution in [1.29, 1.82) is 0 Å². The van der Waals surface area contributed by atoms with Crippen LogP contribution < -0.4 is 21.8 Å². The SMILES string of the molecule is O=c1[nH][nH]c(=O)c2c(NC(=S)NCc3ccccc3)cccc12. The van der Waals surface area contributed by atoms with Gasteiger partial charge >= 0.3 is 0 Å². The highest BCUT2D eigenvalue weighted by Gasteiger charge is 2.09. The van der Waals surface area contributed by atoms with E-state index in [1.807, 2.05) is 30.3 Å². The Balaban J connectivity index is 1.82. The predicted molar refractivity (Wildman–Crippen MR) is 94.7 cm³/mol. The molecule has 7 heteroatoms. The molecule has 1 aromatic heterocycles. The molecule has 0 atom stereocenters. The van der Waals surface area contributed by atoms with Gasteiger partial charge in [0.15, 0.2) is 5.11 Å². The van der Waals surface area contributed by atoms with Crippen molar-refractivity contribution in [2.24, 2.45) is 0 Å². The van der Waals surface area contributed by atoms with Crippen molar-refractivity contribution in [2.75, 3.05) is 5.32 Å². The second kappa shape index (κ2) is 6.45. The number of hydrogen-bond acceptors (Lipinski definition) is 3. The summed E-state index contributed by atoms with van der Waals surface area (Å²) in [5.74, 6) is 0. The third-order valence-electron chi connectivity index (χ3n) is 3.37. The molecular weight excluding hydrogens is 312 g/mol. The number of aromatic amines is 2. The molecule has 0 aliphatic heterocycles. The van der Waals surface area contributed by atoms with Crippen molar-refractivity contribution >= 4 is 33.8 Å². The third kappa shape index (κ3) is 3.29. The summed E-state index contributed by atoms with van der Waals surface area (Å²) in [5.41, 5.74) is 0.837. The van der Waals surface area contributed by atoms with Crippen LogP contribution in [0.2, 0.25) is 0 Å². The van der Waals surface area contributed by atoms with E-state index in [0.29, 0.717) is 22.7 Å². The molecule has 0 radical (unpaired) electrons. The lowest BCUT2D eigenvalue weighted by molar-refractivity contribution is 0.926. The van der Waals surface area contributed by atoms with E-state index in [2.05, 4.69) is 20.8 Å². The Morgan fingerprint density at radius 1 is 0.957 bits per heavy atom. The molecule has 0 aliphatic carbocycles. The molecular formula is C16H14N4O2S. The first-order valence-electron chi connectivity index (χ1n) is 6.97. The maximum absolute atomic E-state index is 12.0. The van der Waals surface area contributed by atoms with Crippen molar-refractivity contribution in [3.63, 3.8) is 0 Å². The molecule has 0 unspecified atom stereocenters. The van der Waals surface area contributed by atoms with Crippen molar-refractivity contribution in [1.82, 2.24) is 15.5 Å². The highest BCUT2D eigenvalue weighted by molar-refractivity contribution is 7.80. The van der Waals surface area contributed by atoms with E-state index in [1.54, 1.807) is 18.2 Å². The lowest BCUT2D eigenvalue weighted by Crippen LogP contribution is -2.29. The van der Waals surface area contributed by atoms with Crippen LogP contribution in [-0.2, 0) is 6.54 Å². The maximum Gasteiger partial charge on any atom is 0.272 e. The third-order valence-corrected chi connectivity index (χ3v) is 3.62. The van der Waals surface area contributed by atoms with Crippen molar-refractivity contribution in [3.8, 4) is 0 Å². The minimum Gasteiger partial charge on any atom is -0.358 e. The van der Waals surface area contributed by atoms with E-state index < -0.39 is 0 Å². The highest BCUT2D eigenvalue weighted by atomic mass is 32.1. The minimum absolute atomic E-state index is 0.278. The van der Waals surface area contributed by atoms with Gasteiger partial charge in [0, 0.05) is 6.54 Å². The zero-order chi connectivity index (χ0) is 16.2. The molecule has 4 N–H and O–H groups in total. The number of thiocarbonyl (C=S) groups is 1. The lowest BCUT2D eigenvalue weighted by atomic mass is 10.1. The summed E-state index contributed by atoms with van der Waals surface area (Å²) < 4.78 is 0. The fourth-order valence-electron chi connectivity index (χ4n) is 2.28. The topological polar surface area (TPSA) is 89.8 Å². The summed E-state index contributed by atoms with van der Waals surface area (Å²) in [6.07, 6.45) is 0. The van der Waals surface area contributed by atoms with Crippen LogP contribution in [0.15, 0.2) is 58.1 Å². The zero-order valence-corrected chi connectivity index (χ0v) is 12.9. The Labute approximate surface area is 136 Å². The van der Waals surface area contributed by atoms with Gasteiger partial charge in [-0.1, -0.05) is 36.4 Å². The normalized spacial score (nSPS) is 10.4. The maximum atomic E-state index is 12.0. The van der Waals surface area contributed by atoms with Gasteiger partial charge in [-0.15, -0.1) is 0 Å². The molecule has 3 rings (SSSR count). The monoisotopic (exact) mass is 326 g/mol. The van der Waals surface area contributed by atoms with E-state index in [9.17, 15) is 9.59 Å². The molecule has 0 amide bonds. The Morgan fingerprint density at radius 2 is 1.70 bits per heavy atom. The number of nitrogens with one attached hydrogen (secondary N) is 4. The zero-order valence-electron chi connectivity index (χ0n) is 12.1. The van der Waals surface area contributed by atoms with E-state index in [-0.39, 0.29) is 16.5 Å². The minimum atomic E-state index is -0.381. The summed E-state index contributed by atoms with van der Waals surface area (Å²) in [6, 6.07) is 14.8. The number of H-pyrrole nitrogens is 2. The summed E-state index contributed by atoms with van der Waals surface area (Å²) in [5, 5.41) is 11.6. The smallest absolute Gasteiger partial charge is 0.272 e. The quantitative estimate of drug-likeness (QED) is 0.550. The van der Waals surface area contributed by atoms with Gasteiger partial charge in [-0.25, -0.2) is 0 Å². The molecule has 6 nitrogen and oxygen atoms in total.